The van der Waals surface area contributed by atoms with Crippen molar-refractivity contribution in [3.05, 3.63) is 16.4 Å². The number of hydrogen-bond acceptors (Lipinski definition) is 4. The third-order valence-corrected chi connectivity index (χ3v) is 2.80. The number of ether oxygens (including phenoxy) is 1. The van der Waals surface area contributed by atoms with Gasteiger partial charge in [-0.25, -0.2) is 0 Å². The zero-order chi connectivity index (χ0) is 13.4. The van der Waals surface area contributed by atoms with E-state index in [0.717, 1.165) is 19.3 Å². The van der Waals surface area contributed by atoms with Gasteiger partial charge in [0.2, 0.25) is 5.91 Å². The first-order valence-electron chi connectivity index (χ1n) is 6.12. The molecule has 1 aromatic heterocycles. The summed E-state index contributed by atoms with van der Waals surface area (Å²) in [7, 11) is 0. The zero-order valence-electron chi connectivity index (χ0n) is 10.7. The fourth-order valence-electron chi connectivity index (χ4n) is 1.44. The maximum atomic E-state index is 11.6. The van der Waals surface area contributed by atoms with Gasteiger partial charge < -0.3 is 14.6 Å². The average Bonchev–Trinajstić information content (AvgIpc) is 2.75. The van der Waals surface area contributed by atoms with Gasteiger partial charge in [-0.3, -0.25) is 4.79 Å². The summed E-state index contributed by atoms with van der Waals surface area (Å²) in [6.07, 6.45) is 3.27. The van der Waals surface area contributed by atoms with Crippen LogP contribution >= 0.6 is 15.9 Å². The Morgan fingerprint density at radius 1 is 1.61 bits per heavy atom. The van der Waals surface area contributed by atoms with Crippen LogP contribution in [0.1, 0.15) is 44.9 Å². The Bertz CT molecular complexity index is 368. The lowest BCUT2D eigenvalue weighted by atomic mass is 10.2. The van der Waals surface area contributed by atoms with Crippen LogP contribution in [0.2, 0.25) is 0 Å². The molecule has 102 valence electrons. The fourth-order valence-corrected chi connectivity index (χ4v) is 1.74. The summed E-state index contributed by atoms with van der Waals surface area (Å²) in [5, 5.41) is 6.48. The molecular weight excluding hydrogens is 300 g/mol. The number of carbonyl (C=O) groups is 1. The Kier molecular flexibility index (Phi) is 6.97. The molecular formula is C12H19BrN2O3. The topological polar surface area (TPSA) is 64.4 Å². The molecule has 1 N–H and O–H groups in total. The Morgan fingerprint density at radius 2 is 2.39 bits per heavy atom. The molecule has 18 heavy (non-hydrogen) atoms. The molecule has 1 atom stereocenters. The van der Waals surface area contributed by atoms with Gasteiger partial charge in [-0.2, -0.15) is 0 Å². The molecule has 0 aliphatic rings. The molecule has 0 radical (unpaired) electrons. The van der Waals surface area contributed by atoms with E-state index in [1.54, 1.807) is 6.07 Å². The maximum absolute atomic E-state index is 11.6. The molecule has 1 amide bonds. The van der Waals surface area contributed by atoms with E-state index >= 15 is 0 Å². The third-order valence-electron chi connectivity index (χ3n) is 2.43. The number of carbonyl (C=O) groups excluding carboxylic acids is 1. The second-order valence-electron chi connectivity index (χ2n) is 4.10. The van der Waals surface area contributed by atoms with Crippen LogP contribution in [0, 0.1) is 0 Å². The molecule has 0 aliphatic carbocycles. The van der Waals surface area contributed by atoms with Gasteiger partial charge in [0, 0.05) is 12.7 Å². The van der Waals surface area contributed by atoms with Crippen molar-refractivity contribution in [3.8, 4) is 0 Å². The van der Waals surface area contributed by atoms with E-state index in [-0.39, 0.29) is 18.6 Å². The van der Waals surface area contributed by atoms with Gasteiger partial charge in [-0.15, -0.1) is 0 Å². The number of unbranched alkanes of at least 4 members (excludes halogenated alkanes) is 2. The van der Waals surface area contributed by atoms with Gasteiger partial charge in [0.15, 0.2) is 5.76 Å². The van der Waals surface area contributed by atoms with Crippen LogP contribution in [0.5, 0.6) is 0 Å². The van der Waals surface area contributed by atoms with E-state index in [1.807, 2.05) is 6.92 Å². The van der Waals surface area contributed by atoms with Crippen molar-refractivity contribution >= 4 is 21.8 Å². The number of halogens is 1. The fraction of sp³-hybridized carbons (Fsp3) is 0.667. The van der Waals surface area contributed by atoms with Crippen molar-refractivity contribution in [1.29, 1.82) is 0 Å². The summed E-state index contributed by atoms with van der Waals surface area (Å²) in [4.78, 5) is 11.6. The average molecular weight is 319 g/mol. The Balaban J connectivity index is 2.19. The highest BCUT2D eigenvalue weighted by Gasteiger charge is 2.14. The van der Waals surface area contributed by atoms with E-state index in [0.29, 0.717) is 17.0 Å². The first-order valence-corrected chi connectivity index (χ1v) is 6.92. The minimum Gasteiger partial charge on any atom is -0.372 e. The lowest BCUT2D eigenvalue weighted by Crippen LogP contribution is -2.30. The molecule has 0 aromatic carbocycles. The second-order valence-corrected chi connectivity index (χ2v) is 4.91. The molecule has 5 nitrogen and oxygen atoms in total. The van der Waals surface area contributed by atoms with Crippen LogP contribution in [0.4, 0.5) is 0 Å². The molecule has 0 saturated carbocycles. The lowest BCUT2D eigenvalue weighted by molar-refractivity contribution is -0.126. The van der Waals surface area contributed by atoms with Gasteiger partial charge >= 0.3 is 0 Å². The smallest absolute Gasteiger partial charge is 0.246 e. The largest absolute Gasteiger partial charge is 0.372 e. The van der Waals surface area contributed by atoms with Gasteiger partial charge in [0.25, 0.3) is 0 Å². The minimum atomic E-state index is -0.212. The number of nitrogens with one attached hydrogen (secondary N) is 1. The monoisotopic (exact) mass is 318 g/mol. The Morgan fingerprint density at radius 3 is 3.00 bits per heavy atom. The molecule has 6 heteroatoms. The van der Waals surface area contributed by atoms with Crippen LogP contribution in [0.25, 0.3) is 0 Å². The number of aromatic nitrogens is 1. The van der Waals surface area contributed by atoms with E-state index in [1.165, 1.54) is 0 Å². The van der Waals surface area contributed by atoms with Gasteiger partial charge in [0.05, 0.1) is 6.04 Å². The van der Waals surface area contributed by atoms with E-state index in [2.05, 4.69) is 33.3 Å². The number of rotatable bonds is 8. The first-order chi connectivity index (χ1) is 8.63. The molecule has 0 saturated heterocycles. The third kappa shape index (κ3) is 5.64. The molecule has 0 bridgehead atoms. The van der Waals surface area contributed by atoms with E-state index < -0.39 is 0 Å². The standard InChI is InChI=1S/C12H19BrN2O3/c1-3-4-5-6-17-8-12(16)14-9(2)10-7-11(13)15-18-10/h7,9H,3-6,8H2,1-2H3,(H,14,16)/t9-/m1/s1. The van der Waals surface area contributed by atoms with Crippen LogP contribution in [0.15, 0.2) is 15.2 Å². The van der Waals surface area contributed by atoms with E-state index in [4.69, 9.17) is 9.26 Å². The molecule has 0 aliphatic heterocycles. The quantitative estimate of drug-likeness (QED) is 0.748. The molecule has 1 rings (SSSR count). The first kappa shape index (κ1) is 15.2. The highest BCUT2D eigenvalue weighted by molar-refractivity contribution is 9.10. The summed E-state index contributed by atoms with van der Waals surface area (Å²) < 4.78 is 10.9. The summed E-state index contributed by atoms with van der Waals surface area (Å²) in [6, 6.07) is 1.52. The van der Waals surface area contributed by atoms with Gasteiger partial charge in [-0.1, -0.05) is 24.9 Å². The summed E-state index contributed by atoms with van der Waals surface area (Å²) in [6.45, 7) is 4.68. The summed E-state index contributed by atoms with van der Waals surface area (Å²) in [5.74, 6) is 0.465. The Hall–Kier alpha value is -0.880. The molecule has 0 spiro atoms. The van der Waals surface area contributed by atoms with Crippen molar-refractivity contribution in [2.24, 2.45) is 0 Å². The molecule has 1 aromatic rings. The van der Waals surface area contributed by atoms with E-state index in [9.17, 15) is 4.79 Å². The minimum absolute atomic E-state index is 0.0867. The lowest BCUT2D eigenvalue weighted by Gasteiger charge is -2.10. The SMILES string of the molecule is CCCCCOCC(=O)N[C@H](C)c1cc(Br)no1. The van der Waals surface area contributed by atoms with Gasteiger partial charge in [0.1, 0.15) is 11.2 Å². The van der Waals surface area contributed by atoms with Gasteiger partial charge in [-0.05, 0) is 29.3 Å². The van der Waals surface area contributed by atoms with Crippen LogP contribution in [0.3, 0.4) is 0 Å². The summed E-state index contributed by atoms with van der Waals surface area (Å²) in [5.41, 5.74) is 0. The number of nitrogens with zero attached hydrogens (tertiary/aromatic N) is 1. The Labute approximate surface area is 115 Å². The highest BCUT2D eigenvalue weighted by Crippen LogP contribution is 2.16. The van der Waals surface area contributed by atoms with Crippen LogP contribution in [-0.2, 0) is 9.53 Å². The normalized spacial score (nSPS) is 12.4. The van der Waals surface area contributed by atoms with Crippen molar-refractivity contribution in [2.75, 3.05) is 13.2 Å². The maximum Gasteiger partial charge on any atom is 0.246 e. The van der Waals surface area contributed by atoms with Crippen molar-refractivity contribution < 1.29 is 14.1 Å². The van der Waals surface area contributed by atoms with Crippen molar-refractivity contribution in [3.63, 3.8) is 0 Å². The second kappa shape index (κ2) is 8.26. The predicted octanol–water partition coefficient (Wildman–Crippen LogP) is 2.82. The van der Waals surface area contributed by atoms with Crippen LogP contribution < -0.4 is 5.32 Å². The number of amides is 1. The van der Waals surface area contributed by atoms with Crippen LogP contribution in [-0.4, -0.2) is 24.3 Å². The predicted molar refractivity (Wildman–Crippen MR) is 71.1 cm³/mol. The number of hydrogen-bond donors (Lipinski definition) is 1. The van der Waals surface area contributed by atoms with Crippen molar-refractivity contribution in [1.82, 2.24) is 10.5 Å². The molecule has 1 heterocycles. The van der Waals surface area contributed by atoms with Crippen molar-refractivity contribution in [2.45, 2.75) is 39.2 Å². The highest BCUT2D eigenvalue weighted by atomic mass is 79.9. The molecule has 0 fully saturated rings. The zero-order valence-corrected chi connectivity index (χ0v) is 12.3. The summed E-state index contributed by atoms with van der Waals surface area (Å²) >= 11 is 3.19. The molecule has 0 unspecified atom stereocenters.